The number of hydrogen-bond donors (Lipinski definition) is 0. The van der Waals surface area contributed by atoms with Gasteiger partial charge in [-0.2, -0.15) is 10.1 Å². The Morgan fingerprint density at radius 1 is 1.08 bits per heavy atom. The lowest BCUT2D eigenvalue weighted by Gasteiger charge is -1.99. The molecule has 3 aromatic rings. The number of ketones is 2. The van der Waals surface area contributed by atoms with Crippen LogP contribution in [0.1, 0.15) is 39.0 Å². The van der Waals surface area contributed by atoms with E-state index in [2.05, 4.69) is 15.1 Å². The molecule has 24 heavy (non-hydrogen) atoms. The van der Waals surface area contributed by atoms with Crippen LogP contribution in [-0.2, 0) is 0 Å². The number of thiazole rings is 1. The van der Waals surface area contributed by atoms with Gasteiger partial charge in [-0.15, -0.1) is 0 Å². The van der Waals surface area contributed by atoms with E-state index in [4.69, 9.17) is 0 Å². The van der Waals surface area contributed by atoms with Gasteiger partial charge in [0.2, 0.25) is 9.93 Å². The fraction of sp³-hybridized carbons (Fsp3) is 0.188. The molecule has 0 aliphatic rings. The van der Waals surface area contributed by atoms with Crippen LogP contribution in [0.2, 0.25) is 0 Å². The number of para-hydroxylation sites is 1. The molecule has 8 heteroatoms. The van der Waals surface area contributed by atoms with Crippen molar-refractivity contribution in [2.45, 2.75) is 20.8 Å². The third-order valence-electron chi connectivity index (χ3n) is 3.16. The van der Waals surface area contributed by atoms with Gasteiger partial charge in [0.25, 0.3) is 0 Å². The quantitative estimate of drug-likeness (QED) is 0.670. The van der Waals surface area contributed by atoms with Crippen molar-refractivity contribution < 1.29 is 9.59 Å². The van der Waals surface area contributed by atoms with E-state index >= 15 is 0 Å². The summed E-state index contributed by atoms with van der Waals surface area (Å²) < 4.78 is 1.62. The van der Waals surface area contributed by atoms with Gasteiger partial charge in [-0.1, -0.05) is 40.9 Å². The van der Waals surface area contributed by atoms with E-state index in [0.717, 1.165) is 5.69 Å². The minimum Gasteiger partial charge on any atom is -0.294 e. The first-order chi connectivity index (χ1) is 11.5. The molecule has 1 aromatic carbocycles. The van der Waals surface area contributed by atoms with Gasteiger partial charge >= 0.3 is 0 Å². The molecule has 0 aliphatic carbocycles. The number of nitrogens with zero attached hydrogens (tertiary/aromatic N) is 4. The van der Waals surface area contributed by atoms with Crippen LogP contribution in [0.4, 0.5) is 5.13 Å². The molecule has 0 saturated carbocycles. The fourth-order valence-electron chi connectivity index (χ4n) is 2.07. The minimum atomic E-state index is -0.120. The standard InChI is InChI=1S/C16H14N4O2S2/c1-9-13(10(2)21)23-15(17-9)18-16-20(12-7-5-4-6-8-12)19-14(24-16)11(3)22/h4-8H,1-3H3/b18-16-. The molecule has 0 atom stereocenters. The molecule has 0 fully saturated rings. The van der Waals surface area contributed by atoms with Crippen LogP contribution < -0.4 is 4.80 Å². The Morgan fingerprint density at radius 3 is 2.38 bits per heavy atom. The topological polar surface area (TPSA) is 77.2 Å². The number of benzene rings is 1. The van der Waals surface area contributed by atoms with Gasteiger partial charge in [-0.3, -0.25) is 9.59 Å². The van der Waals surface area contributed by atoms with E-state index in [-0.39, 0.29) is 11.6 Å². The van der Waals surface area contributed by atoms with Crippen molar-refractivity contribution in [1.82, 2.24) is 14.8 Å². The second-order valence-corrected chi connectivity index (χ2v) is 7.01. The van der Waals surface area contributed by atoms with Crippen LogP contribution in [0.5, 0.6) is 0 Å². The maximum absolute atomic E-state index is 11.7. The number of aryl methyl sites for hydroxylation is 1. The Hall–Kier alpha value is -2.45. The fourth-order valence-corrected chi connectivity index (χ4v) is 3.77. The first-order valence-electron chi connectivity index (χ1n) is 7.15. The maximum atomic E-state index is 11.7. The molecule has 2 heterocycles. The molecule has 6 nitrogen and oxygen atoms in total. The summed E-state index contributed by atoms with van der Waals surface area (Å²) in [6.45, 7) is 4.76. The van der Waals surface area contributed by atoms with Crippen LogP contribution in [0.3, 0.4) is 0 Å². The number of Topliss-reactive ketones (excluding diaryl/α,β-unsaturated/α-hetero) is 2. The molecule has 0 unspecified atom stereocenters. The molecular weight excluding hydrogens is 344 g/mol. The third kappa shape index (κ3) is 3.24. The molecular formula is C16H14N4O2S2. The van der Waals surface area contributed by atoms with E-state index in [9.17, 15) is 9.59 Å². The average Bonchev–Trinajstić information content (AvgIpc) is 3.12. The van der Waals surface area contributed by atoms with Crippen LogP contribution in [0.25, 0.3) is 5.69 Å². The van der Waals surface area contributed by atoms with Gasteiger partial charge in [0, 0.05) is 13.8 Å². The van der Waals surface area contributed by atoms with Crippen LogP contribution in [0.15, 0.2) is 35.3 Å². The Balaban J connectivity index is 2.18. The highest BCUT2D eigenvalue weighted by molar-refractivity contribution is 7.17. The predicted molar refractivity (Wildman–Crippen MR) is 93.5 cm³/mol. The monoisotopic (exact) mass is 358 g/mol. The van der Waals surface area contributed by atoms with Gasteiger partial charge < -0.3 is 0 Å². The SMILES string of the molecule is CC(=O)c1nn(-c2ccccc2)/c(=N/c2nc(C)c(C(C)=O)s2)s1. The second kappa shape index (κ2) is 6.58. The normalized spacial score (nSPS) is 11.7. The van der Waals surface area contributed by atoms with Crippen LogP contribution in [0, 0.1) is 6.92 Å². The lowest BCUT2D eigenvalue weighted by Crippen LogP contribution is -2.13. The summed E-state index contributed by atoms with van der Waals surface area (Å²) in [5.41, 5.74) is 1.47. The van der Waals surface area contributed by atoms with Gasteiger partial charge in [-0.25, -0.2) is 9.67 Å². The van der Waals surface area contributed by atoms with E-state index in [0.29, 0.717) is 25.5 Å². The van der Waals surface area contributed by atoms with E-state index < -0.39 is 0 Å². The predicted octanol–water partition coefficient (Wildman–Crippen LogP) is 3.34. The highest BCUT2D eigenvalue weighted by Gasteiger charge is 2.14. The van der Waals surface area contributed by atoms with Crippen molar-refractivity contribution in [3.8, 4) is 5.69 Å². The van der Waals surface area contributed by atoms with Crippen LogP contribution >= 0.6 is 22.7 Å². The summed E-state index contributed by atoms with van der Waals surface area (Å²) in [5, 5.41) is 5.19. The van der Waals surface area contributed by atoms with Crippen molar-refractivity contribution in [3.05, 3.63) is 50.7 Å². The Bertz CT molecular complexity index is 983. The first-order valence-corrected chi connectivity index (χ1v) is 8.78. The highest BCUT2D eigenvalue weighted by atomic mass is 32.1. The third-order valence-corrected chi connectivity index (χ3v) is 5.32. The van der Waals surface area contributed by atoms with Gasteiger partial charge in [0.05, 0.1) is 16.3 Å². The molecule has 3 rings (SSSR count). The van der Waals surface area contributed by atoms with Crippen molar-refractivity contribution in [3.63, 3.8) is 0 Å². The molecule has 0 amide bonds. The van der Waals surface area contributed by atoms with E-state index in [1.807, 2.05) is 30.3 Å². The van der Waals surface area contributed by atoms with Gasteiger partial charge in [-0.05, 0) is 19.1 Å². The number of rotatable bonds is 4. The molecule has 0 radical (unpaired) electrons. The number of carbonyl (C=O) groups excluding carboxylic acids is 2. The Labute approximate surface area is 146 Å². The Morgan fingerprint density at radius 2 is 1.79 bits per heavy atom. The largest absolute Gasteiger partial charge is 0.294 e. The van der Waals surface area contributed by atoms with Crippen molar-refractivity contribution in [1.29, 1.82) is 0 Å². The zero-order valence-corrected chi connectivity index (χ0v) is 14.9. The number of aromatic nitrogens is 3. The zero-order valence-electron chi connectivity index (χ0n) is 13.3. The van der Waals surface area contributed by atoms with Gasteiger partial charge in [0.1, 0.15) is 0 Å². The van der Waals surface area contributed by atoms with Gasteiger partial charge in [0.15, 0.2) is 16.6 Å². The molecule has 0 saturated heterocycles. The number of carbonyl (C=O) groups is 2. The van der Waals surface area contributed by atoms with Crippen molar-refractivity contribution in [2.75, 3.05) is 0 Å². The summed E-state index contributed by atoms with van der Waals surface area (Å²) in [7, 11) is 0. The second-order valence-electron chi connectivity index (χ2n) is 5.07. The van der Waals surface area contributed by atoms with Crippen LogP contribution in [-0.4, -0.2) is 26.3 Å². The lowest BCUT2D eigenvalue weighted by molar-refractivity contribution is 0.100. The van der Waals surface area contributed by atoms with E-state index in [1.54, 1.807) is 11.6 Å². The van der Waals surface area contributed by atoms with E-state index in [1.165, 1.54) is 36.5 Å². The Kier molecular flexibility index (Phi) is 4.50. The zero-order chi connectivity index (χ0) is 17.3. The highest BCUT2D eigenvalue weighted by Crippen LogP contribution is 2.25. The number of hydrogen-bond acceptors (Lipinski definition) is 7. The molecule has 2 aromatic heterocycles. The molecule has 0 aliphatic heterocycles. The smallest absolute Gasteiger partial charge is 0.215 e. The minimum absolute atomic E-state index is 0.0314. The van der Waals surface area contributed by atoms with Crippen molar-refractivity contribution in [2.24, 2.45) is 4.99 Å². The molecule has 0 N–H and O–H groups in total. The molecule has 0 spiro atoms. The lowest BCUT2D eigenvalue weighted by atomic mass is 10.3. The summed E-state index contributed by atoms with van der Waals surface area (Å²) in [6, 6.07) is 9.45. The molecule has 0 bridgehead atoms. The average molecular weight is 358 g/mol. The summed E-state index contributed by atoms with van der Waals surface area (Å²) in [4.78, 5) is 33.2. The summed E-state index contributed by atoms with van der Waals surface area (Å²) in [6.07, 6.45) is 0. The first kappa shape index (κ1) is 16.4. The molecule has 122 valence electrons. The summed E-state index contributed by atoms with van der Waals surface area (Å²) >= 11 is 2.44. The van der Waals surface area contributed by atoms with Crippen molar-refractivity contribution >= 4 is 39.4 Å². The maximum Gasteiger partial charge on any atom is 0.215 e. The summed E-state index contributed by atoms with van der Waals surface area (Å²) in [5.74, 6) is -0.151.